The van der Waals surface area contributed by atoms with Crippen molar-refractivity contribution in [2.45, 2.75) is 54.0 Å². The summed E-state index contributed by atoms with van der Waals surface area (Å²) in [6.45, 7) is 13.3. The molecule has 3 nitrogen and oxygen atoms in total. The first-order chi connectivity index (χ1) is 7.52. The molecule has 1 atom stereocenters. The zero-order valence-corrected chi connectivity index (χ0v) is 11.9. The molecule has 0 saturated carbocycles. The molecule has 0 saturated heterocycles. The van der Waals surface area contributed by atoms with Crippen LogP contribution < -0.4 is 0 Å². The number of carbonyl (C=O) groups excluding carboxylic acids is 1. The maximum absolute atomic E-state index is 11.8. The van der Waals surface area contributed by atoms with Crippen LogP contribution in [0.3, 0.4) is 0 Å². The van der Waals surface area contributed by atoms with Crippen LogP contribution in [-0.4, -0.2) is 28.5 Å². The molecule has 98 valence electrons. The number of amides is 1. The van der Waals surface area contributed by atoms with E-state index in [1.54, 1.807) is 4.90 Å². The lowest BCUT2D eigenvalue weighted by Crippen LogP contribution is -2.44. The maximum atomic E-state index is 11.8. The molecule has 1 amide bonds. The number of hydrogen-bond donors (Lipinski definition) is 1. The van der Waals surface area contributed by atoms with Crippen LogP contribution in [0.4, 0.5) is 0 Å². The number of carbonyl (C=O) groups is 1. The second-order valence-electron chi connectivity index (χ2n) is 7.18. The molecule has 0 fully saturated rings. The van der Waals surface area contributed by atoms with E-state index in [0.29, 0.717) is 6.54 Å². The van der Waals surface area contributed by atoms with Crippen LogP contribution in [0.5, 0.6) is 0 Å². The second kappa shape index (κ2) is 4.35. The highest BCUT2D eigenvalue weighted by molar-refractivity contribution is 5.91. The zero-order valence-electron chi connectivity index (χ0n) is 11.9. The van der Waals surface area contributed by atoms with E-state index in [0.717, 1.165) is 6.42 Å². The van der Waals surface area contributed by atoms with Crippen molar-refractivity contribution in [3.63, 3.8) is 0 Å². The van der Waals surface area contributed by atoms with Crippen LogP contribution in [0.15, 0.2) is 11.8 Å². The molecule has 0 aromatic heterocycles. The molecular weight excluding hydrogens is 214 g/mol. The van der Waals surface area contributed by atoms with Crippen molar-refractivity contribution < 1.29 is 9.90 Å². The summed E-state index contributed by atoms with van der Waals surface area (Å²) in [5.41, 5.74) is 0.0611. The van der Waals surface area contributed by atoms with Gasteiger partial charge < -0.3 is 10.0 Å². The van der Waals surface area contributed by atoms with E-state index in [1.165, 1.54) is 6.08 Å². The lowest BCUT2D eigenvalue weighted by molar-refractivity contribution is -0.128. The monoisotopic (exact) mass is 239 g/mol. The summed E-state index contributed by atoms with van der Waals surface area (Å²) in [7, 11) is 0. The second-order valence-corrected chi connectivity index (χ2v) is 7.18. The van der Waals surface area contributed by atoms with Crippen LogP contribution in [-0.2, 0) is 4.79 Å². The normalized spacial score (nSPS) is 22.0. The Morgan fingerprint density at radius 1 is 1.24 bits per heavy atom. The highest BCUT2D eigenvalue weighted by atomic mass is 16.3. The Balaban J connectivity index is 2.80. The molecular formula is C14H25NO2. The summed E-state index contributed by atoms with van der Waals surface area (Å²) < 4.78 is 0. The van der Waals surface area contributed by atoms with Gasteiger partial charge in [-0.2, -0.15) is 0 Å². The SMILES string of the molecule is CC(C)(C)CCN1C(=O)C=C(O)C1C(C)(C)C. The fourth-order valence-electron chi connectivity index (χ4n) is 2.18. The van der Waals surface area contributed by atoms with E-state index in [1.807, 2.05) is 20.8 Å². The van der Waals surface area contributed by atoms with Crippen LogP contribution >= 0.6 is 0 Å². The molecule has 1 aliphatic heterocycles. The average Bonchev–Trinajstić information content (AvgIpc) is 2.34. The van der Waals surface area contributed by atoms with Gasteiger partial charge in [0.2, 0.25) is 0 Å². The molecule has 1 aliphatic rings. The summed E-state index contributed by atoms with van der Waals surface area (Å²) in [5.74, 6) is 0.142. The van der Waals surface area contributed by atoms with Crippen LogP contribution in [0, 0.1) is 10.8 Å². The third-order valence-corrected chi connectivity index (χ3v) is 3.07. The van der Waals surface area contributed by atoms with Crippen LogP contribution in [0.1, 0.15) is 48.0 Å². The molecule has 1 rings (SSSR count). The van der Waals surface area contributed by atoms with Gasteiger partial charge >= 0.3 is 0 Å². The van der Waals surface area contributed by atoms with Gasteiger partial charge in [0.1, 0.15) is 5.76 Å². The van der Waals surface area contributed by atoms with Crippen LogP contribution in [0.2, 0.25) is 0 Å². The average molecular weight is 239 g/mol. The number of rotatable bonds is 2. The molecule has 0 aromatic rings. The molecule has 17 heavy (non-hydrogen) atoms. The van der Waals surface area contributed by atoms with Gasteiger partial charge in [-0.25, -0.2) is 0 Å². The molecule has 1 N–H and O–H groups in total. The highest BCUT2D eigenvalue weighted by Gasteiger charge is 2.40. The highest BCUT2D eigenvalue weighted by Crippen LogP contribution is 2.34. The fourth-order valence-corrected chi connectivity index (χ4v) is 2.18. The van der Waals surface area contributed by atoms with E-state index in [4.69, 9.17) is 0 Å². The van der Waals surface area contributed by atoms with Crippen molar-refractivity contribution in [2.75, 3.05) is 6.54 Å². The number of hydrogen-bond acceptors (Lipinski definition) is 2. The van der Waals surface area contributed by atoms with Gasteiger partial charge in [0, 0.05) is 12.6 Å². The van der Waals surface area contributed by atoms with Crippen molar-refractivity contribution in [1.29, 1.82) is 0 Å². The Hall–Kier alpha value is -0.990. The van der Waals surface area contributed by atoms with Gasteiger partial charge in [0.25, 0.3) is 5.91 Å². The Morgan fingerprint density at radius 3 is 2.18 bits per heavy atom. The molecule has 1 unspecified atom stereocenters. The zero-order chi connectivity index (χ0) is 13.4. The van der Waals surface area contributed by atoms with Gasteiger partial charge in [0.15, 0.2) is 0 Å². The van der Waals surface area contributed by atoms with Gasteiger partial charge in [-0.15, -0.1) is 0 Å². The van der Waals surface area contributed by atoms with E-state index >= 15 is 0 Å². The predicted octanol–water partition coefficient (Wildman–Crippen LogP) is 3.12. The van der Waals surface area contributed by atoms with Crippen molar-refractivity contribution in [2.24, 2.45) is 10.8 Å². The summed E-state index contributed by atoms with van der Waals surface area (Å²) in [6.07, 6.45) is 2.30. The molecule has 0 aromatic carbocycles. The Morgan fingerprint density at radius 2 is 1.76 bits per heavy atom. The first kappa shape index (κ1) is 14.1. The van der Waals surface area contributed by atoms with Crippen molar-refractivity contribution >= 4 is 5.91 Å². The minimum Gasteiger partial charge on any atom is -0.510 e. The number of aliphatic hydroxyl groups is 1. The largest absolute Gasteiger partial charge is 0.510 e. The summed E-state index contributed by atoms with van der Waals surface area (Å²) >= 11 is 0. The Bertz CT molecular complexity index is 331. The lowest BCUT2D eigenvalue weighted by Gasteiger charge is -2.36. The van der Waals surface area contributed by atoms with Crippen molar-refractivity contribution in [1.82, 2.24) is 4.90 Å². The Kier molecular flexibility index (Phi) is 3.60. The van der Waals surface area contributed by atoms with Crippen molar-refractivity contribution in [3.05, 3.63) is 11.8 Å². The Labute approximate surface area is 105 Å². The summed E-state index contributed by atoms with van der Waals surface area (Å²) in [6, 6.07) is -0.183. The standard InChI is InChI=1S/C14H25NO2/c1-13(2,3)7-8-15-11(17)9-10(16)12(15)14(4,5)6/h9,12,16H,7-8H2,1-6H3. The molecule has 0 aliphatic carbocycles. The van der Waals surface area contributed by atoms with E-state index in [-0.39, 0.29) is 28.5 Å². The topological polar surface area (TPSA) is 40.5 Å². The first-order valence-corrected chi connectivity index (χ1v) is 6.23. The molecule has 0 bridgehead atoms. The molecule has 0 spiro atoms. The number of nitrogens with zero attached hydrogens (tertiary/aromatic N) is 1. The maximum Gasteiger partial charge on any atom is 0.250 e. The van der Waals surface area contributed by atoms with Crippen molar-refractivity contribution in [3.8, 4) is 0 Å². The fraction of sp³-hybridized carbons (Fsp3) is 0.786. The lowest BCUT2D eigenvalue weighted by atomic mass is 9.85. The van der Waals surface area contributed by atoms with Crippen LogP contribution in [0.25, 0.3) is 0 Å². The molecule has 1 heterocycles. The van der Waals surface area contributed by atoms with E-state index < -0.39 is 0 Å². The van der Waals surface area contributed by atoms with E-state index in [9.17, 15) is 9.90 Å². The van der Waals surface area contributed by atoms with Gasteiger partial charge in [-0.05, 0) is 17.3 Å². The molecule has 3 heteroatoms. The third kappa shape index (κ3) is 3.48. The van der Waals surface area contributed by atoms with E-state index in [2.05, 4.69) is 20.8 Å². The smallest absolute Gasteiger partial charge is 0.250 e. The summed E-state index contributed by atoms with van der Waals surface area (Å²) in [5, 5.41) is 9.89. The third-order valence-electron chi connectivity index (χ3n) is 3.07. The van der Waals surface area contributed by atoms with Gasteiger partial charge in [0.05, 0.1) is 6.04 Å². The number of aliphatic hydroxyl groups excluding tert-OH is 1. The van der Waals surface area contributed by atoms with Gasteiger partial charge in [-0.3, -0.25) is 4.79 Å². The first-order valence-electron chi connectivity index (χ1n) is 6.23. The molecule has 0 radical (unpaired) electrons. The minimum atomic E-state index is -0.183. The predicted molar refractivity (Wildman–Crippen MR) is 69.7 cm³/mol. The summed E-state index contributed by atoms with van der Waals surface area (Å²) in [4.78, 5) is 13.6. The quantitative estimate of drug-likeness (QED) is 0.804. The van der Waals surface area contributed by atoms with Gasteiger partial charge in [-0.1, -0.05) is 41.5 Å². The minimum absolute atomic E-state index is 0.0633.